The number of hydrogen-bond donors (Lipinski definition) is 2. The topological polar surface area (TPSA) is 88.0 Å². The smallest absolute Gasteiger partial charge is 0.259 e. The zero-order valence-electron chi connectivity index (χ0n) is 18.4. The lowest BCUT2D eigenvalue weighted by Crippen LogP contribution is -2.18. The number of para-hydroxylation sites is 1. The minimum atomic E-state index is -0.195. The Balaban J connectivity index is 1.25. The van der Waals surface area contributed by atoms with E-state index < -0.39 is 0 Å². The molecule has 2 aromatic heterocycles. The molecule has 1 fully saturated rings. The number of carbonyl (C=O) groups is 1. The lowest BCUT2D eigenvalue weighted by atomic mass is 10.2. The van der Waals surface area contributed by atoms with Gasteiger partial charge in [0.2, 0.25) is 0 Å². The molecule has 1 saturated heterocycles. The quantitative estimate of drug-likeness (QED) is 0.458. The van der Waals surface area contributed by atoms with Crippen LogP contribution in [0.1, 0.15) is 28.9 Å². The molecule has 33 heavy (non-hydrogen) atoms. The van der Waals surface area contributed by atoms with Gasteiger partial charge in [-0.15, -0.1) is 5.10 Å². The van der Waals surface area contributed by atoms with Gasteiger partial charge in [-0.3, -0.25) is 4.79 Å². The van der Waals surface area contributed by atoms with E-state index in [1.54, 1.807) is 17.1 Å². The maximum atomic E-state index is 12.8. The Morgan fingerprint density at radius 3 is 2.39 bits per heavy atom. The van der Waals surface area contributed by atoms with Gasteiger partial charge < -0.3 is 15.5 Å². The summed E-state index contributed by atoms with van der Waals surface area (Å²) < 4.78 is 1.76. The summed E-state index contributed by atoms with van der Waals surface area (Å²) in [5.74, 6) is 0.500. The predicted octanol–water partition coefficient (Wildman–Crippen LogP) is 4.57. The Hall–Kier alpha value is -4.20. The molecule has 2 N–H and O–H groups in total. The maximum Gasteiger partial charge on any atom is 0.259 e. The number of nitrogens with one attached hydrogen (secondary N) is 2. The third-order valence-corrected chi connectivity index (χ3v) is 5.78. The van der Waals surface area contributed by atoms with Crippen molar-refractivity contribution in [1.82, 2.24) is 20.0 Å². The summed E-state index contributed by atoms with van der Waals surface area (Å²) in [6.07, 6.45) is 5.83. The molecule has 1 aliphatic rings. The summed E-state index contributed by atoms with van der Waals surface area (Å²) in [6.45, 7) is 4.01. The van der Waals surface area contributed by atoms with Gasteiger partial charge in [0.15, 0.2) is 5.82 Å². The van der Waals surface area contributed by atoms with Gasteiger partial charge in [0, 0.05) is 30.5 Å². The lowest BCUT2D eigenvalue weighted by molar-refractivity contribution is 0.102. The second kappa shape index (κ2) is 9.12. The second-order valence-corrected chi connectivity index (χ2v) is 8.04. The molecule has 0 bridgehead atoms. The normalized spacial score (nSPS) is 13.2. The molecule has 0 atom stereocenters. The van der Waals surface area contributed by atoms with Crippen LogP contribution in [-0.4, -0.2) is 39.0 Å². The fraction of sp³-hybridized carbons (Fsp3) is 0.200. The van der Waals surface area contributed by atoms with Crippen LogP contribution >= 0.6 is 0 Å². The van der Waals surface area contributed by atoms with Gasteiger partial charge in [0.05, 0.1) is 35.0 Å². The summed E-state index contributed by atoms with van der Waals surface area (Å²) in [5, 5.41) is 18.9. The molecular weight excluding hydrogens is 414 g/mol. The van der Waals surface area contributed by atoms with Crippen LogP contribution in [0.15, 0.2) is 73.1 Å². The highest BCUT2D eigenvalue weighted by molar-refractivity contribution is 6.05. The van der Waals surface area contributed by atoms with Crippen molar-refractivity contribution in [3.8, 4) is 5.69 Å². The van der Waals surface area contributed by atoms with E-state index in [1.807, 2.05) is 67.6 Å². The van der Waals surface area contributed by atoms with Crippen LogP contribution in [0.5, 0.6) is 0 Å². The van der Waals surface area contributed by atoms with E-state index >= 15 is 0 Å². The second-order valence-electron chi connectivity index (χ2n) is 8.04. The van der Waals surface area contributed by atoms with Gasteiger partial charge in [0.1, 0.15) is 0 Å². The Bertz CT molecular complexity index is 1250. The maximum absolute atomic E-state index is 12.8. The van der Waals surface area contributed by atoms with Gasteiger partial charge in [-0.1, -0.05) is 18.2 Å². The van der Waals surface area contributed by atoms with Gasteiger partial charge in [-0.05, 0) is 56.2 Å². The number of aromatic nitrogens is 4. The van der Waals surface area contributed by atoms with E-state index in [9.17, 15) is 4.79 Å². The van der Waals surface area contributed by atoms with Crippen LogP contribution in [0.25, 0.3) is 5.69 Å². The molecule has 4 aromatic rings. The molecule has 5 rings (SSSR count). The van der Waals surface area contributed by atoms with Crippen molar-refractivity contribution >= 4 is 28.8 Å². The number of benzene rings is 2. The molecule has 0 aliphatic carbocycles. The molecule has 166 valence electrons. The number of anilines is 4. The fourth-order valence-corrected chi connectivity index (χ4v) is 4.01. The van der Waals surface area contributed by atoms with Gasteiger partial charge in [-0.25, -0.2) is 4.68 Å². The Kier molecular flexibility index (Phi) is 5.72. The summed E-state index contributed by atoms with van der Waals surface area (Å²) in [6, 6.07) is 19.3. The number of rotatable bonds is 6. The Morgan fingerprint density at radius 2 is 1.64 bits per heavy atom. The third-order valence-electron chi connectivity index (χ3n) is 5.78. The van der Waals surface area contributed by atoms with Gasteiger partial charge in [-0.2, -0.15) is 10.2 Å². The van der Waals surface area contributed by atoms with Crippen molar-refractivity contribution in [1.29, 1.82) is 0 Å². The van der Waals surface area contributed by atoms with E-state index in [0.29, 0.717) is 17.1 Å². The van der Waals surface area contributed by atoms with Crippen molar-refractivity contribution in [3.05, 3.63) is 84.3 Å². The molecule has 8 heteroatoms. The average molecular weight is 440 g/mol. The zero-order chi connectivity index (χ0) is 22.6. The summed E-state index contributed by atoms with van der Waals surface area (Å²) in [5.41, 5.74) is 4.90. The largest absolute Gasteiger partial charge is 0.370 e. The Morgan fingerprint density at radius 1 is 0.909 bits per heavy atom. The molecule has 0 spiro atoms. The first-order valence-electron chi connectivity index (χ1n) is 11.0. The Labute approximate surface area is 192 Å². The minimum Gasteiger partial charge on any atom is -0.370 e. The zero-order valence-corrected chi connectivity index (χ0v) is 18.4. The van der Waals surface area contributed by atoms with Crippen LogP contribution in [0.4, 0.5) is 22.9 Å². The van der Waals surface area contributed by atoms with Gasteiger partial charge >= 0.3 is 0 Å². The number of carbonyl (C=O) groups excluding carboxylic acids is 1. The molecule has 0 radical (unpaired) electrons. The van der Waals surface area contributed by atoms with Crippen molar-refractivity contribution in [2.75, 3.05) is 28.6 Å². The molecular formula is C25H25N7O. The monoisotopic (exact) mass is 439 g/mol. The molecule has 0 saturated carbocycles. The van der Waals surface area contributed by atoms with Crippen LogP contribution in [0, 0.1) is 6.92 Å². The highest BCUT2D eigenvalue weighted by atomic mass is 16.1. The van der Waals surface area contributed by atoms with E-state index in [2.05, 4.69) is 30.8 Å². The number of amides is 1. The van der Waals surface area contributed by atoms with E-state index in [1.165, 1.54) is 12.8 Å². The van der Waals surface area contributed by atoms with Crippen LogP contribution < -0.4 is 15.5 Å². The average Bonchev–Trinajstić information content (AvgIpc) is 3.51. The van der Waals surface area contributed by atoms with Crippen molar-refractivity contribution in [2.45, 2.75) is 19.8 Å². The van der Waals surface area contributed by atoms with Crippen LogP contribution in [0.2, 0.25) is 0 Å². The van der Waals surface area contributed by atoms with Crippen LogP contribution in [-0.2, 0) is 0 Å². The van der Waals surface area contributed by atoms with Crippen molar-refractivity contribution < 1.29 is 4.79 Å². The van der Waals surface area contributed by atoms with Crippen molar-refractivity contribution in [3.63, 3.8) is 0 Å². The highest BCUT2D eigenvalue weighted by Crippen LogP contribution is 2.24. The molecule has 8 nitrogen and oxygen atoms in total. The first-order chi connectivity index (χ1) is 16.2. The van der Waals surface area contributed by atoms with E-state index in [4.69, 9.17) is 0 Å². The SMILES string of the molecule is Cc1c(C(=O)Nc2ccc(Nc3cc(N4CCCC4)cnn3)cc2)cnn1-c1ccccc1. The fourth-order valence-electron chi connectivity index (χ4n) is 4.01. The summed E-state index contributed by atoms with van der Waals surface area (Å²) in [4.78, 5) is 15.1. The molecule has 3 heterocycles. The summed E-state index contributed by atoms with van der Waals surface area (Å²) in [7, 11) is 0. The van der Waals surface area contributed by atoms with Gasteiger partial charge in [0.25, 0.3) is 5.91 Å². The van der Waals surface area contributed by atoms with E-state index in [0.717, 1.165) is 35.8 Å². The molecule has 1 amide bonds. The number of nitrogens with zero attached hydrogens (tertiary/aromatic N) is 5. The number of hydrogen-bond acceptors (Lipinski definition) is 6. The minimum absolute atomic E-state index is 0.195. The molecule has 1 aliphatic heterocycles. The first kappa shape index (κ1) is 20.7. The first-order valence-corrected chi connectivity index (χ1v) is 11.0. The van der Waals surface area contributed by atoms with Crippen molar-refractivity contribution in [2.24, 2.45) is 0 Å². The summed E-state index contributed by atoms with van der Waals surface area (Å²) >= 11 is 0. The van der Waals surface area contributed by atoms with E-state index in [-0.39, 0.29) is 5.91 Å². The molecule has 2 aromatic carbocycles. The molecule has 0 unspecified atom stereocenters. The predicted molar refractivity (Wildman–Crippen MR) is 129 cm³/mol. The lowest BCUT2D eigenvalue weighted by Gasteiger charge is -2.17. The highest BCUT2D eigenvalue weighted by Gasteiger charge is 2.16. The standard InChI is InChI=1S/C25H25N7O/c1-18-23(17-27-32(18)21-7-3-2-4-8-21)25(33)29-20-11-9-19(10-12-20)28-24-15-22(16-26-30-24)31-13-5-6-14-31/h2-4,7-12,15-17H,5-6,13-14H2,1H3,(H,28,30)(H,29,33). The third kappa shape index (κ3) is 4.55. The van der Waals surface area contributed by atoms with Crippen LogP contribution in [0.3, 0.4) is 0 Å².